The van der Waals surface area contributed by atoms with Crippen LogP contribution in [-0.4, -0.2) is 19.9 Å². The topological polar surface area (TPSA) is 67.2 Å². The number of aromatic nitrogens is 2. The average molecular weight is 331 g/mol. The maximum absolute atomic E-state index is 12.9. The van der Waals surface area contributed by atoms with Gasteiger partial charge in [-0.2, -0.15) is 0 Å². The number of carbonyl (C=O) groups excluding carboxylic acids is 1. The van der Waals surface area contributed by atoms with Crippen LogP contribution in [0.1, 0.15) is 15.9 Å². The third-order valence-corrected chi connectivity index (χ3v) is 4.21. The Morgan fingerprint density at radius 1 is 1.32 bits per heavy atom. The summed E-state index contributed by atoms with van der Waals surface area (Å²) >= 11 is 4.87. The number of ketones is 1. The molecule has 0 aliphatic rings. The molecule has 0 aliphatic carbocycles. The number of aryl methyl sites for hydroxylation is 1. The normalized spacial score (nSPS) is 10.9. The summed E-state index contributed by atoms with van der Waals surface area (Å²) in [5, 5.41) is 0.803. The molecule has 2 heterocycles. The molecule has 22 heavy (non-hydrogen) atoms. The van der Waals surface area contributed by atoms with Gasteiger partial charge >= 0.3 is 0 Å². The number of hydrogen-bond donors (Lipinski definition) is 3. The molecule has 112 valence electrons. The zero-order valence-electron chi connectivity index (χ0n) is 11.6. The second-order valence-corrected chi connectivity index (χ2v) is 5.59. The van der Waals surface area contributed by atoms with Crippen LogP contribution < -0.4 is 4.72 Å². The predicted molar refractivity (Wildman–Crippen MR) is 91.7 cm³/mol. The van der Waals surface area contributed by atoms with Crippen molar-refractivity contribution in [2.75, 3.05) is 4.72 Å². The van der Waals surface area contributed by atoms with Gasteiger partial charge in [0.05, 0.1) is 5.69 Å². The largest absolute Gasteiger partial charge is 0.335 e. The quantitative estimate of drug-likeness (QED) is 0.295. The van der Waals surface area contributed by atoms with Crippen LogP contribution in [0.4, 0.5) is 5.69 Å². The fraction of sp³-hybridized carbons (Fsp3) is 0.0667. The van der Waals surface area contributed by atoms with E-state index in [-0.39, 0.29) is 5.78 Å². The fourth-order valence-corrected chi connectivity index (χ4v) is 3.05. The van der Waals surface area contributed by atoms with Gasteiger partial charge in [0.25, 0.3) is 0 Å². The molecule has 2 N–H and O–H groups in total. The number of rotatable bonds is 4. The minimum atomic E-state index is -0.129. The Hall–Kier alpha value is -1.96. The molecule has 1 aromatic carbocycles. The molecule has 0 amide bonds. The molecule has 3 aromatic rings. The van der Waals surface area contributed by atoms with Crippen molar-refractivity contribution < 1.29 is 9.35 Å². The van der Waals surface area contributed by atoms with E-state index in [1.807, 2.05) is 17.7 Å². The van der Waals surface area contributed by atoms with E-state index in [1.54, 1.807) is 36.7 Å². The molecule has 5 nitrogen and oxygen atoms in total. The van der Waals surface area contributed by atoms with Gasteiger partial charge in [0.15, 0.2) is 5.78 Å². The number of carbonyl (C=O) groups is 1. The van der Waals surface area contributed by atoms with Crippen molar-refractivity contribution in [3.63, 3.8) is 0 Å². The number of nitrogens with zero attached hydrogens (tertiary/aromatic N) is 2. The average Bonchev–Trinajstić information content (AvgIpc) is 2.87. The van der Waals surface area contributed by atoms with Gasteiger partial charge in [-0.1, -0.05) is 6.07 Å². The molecule has 0 unspecified atom stereocenters. The van der Waals surface area contributed by atoms with E-state index >= 15 is 0 Å². The van der Waals surface area contributed by atoms with Crippen LogP contribution in [-0.2, 0) is 7.05 Å². The lowest BCUT2D eigenvalue weighted by Gasteiger charge is -2.09. The Balaban J connectivity index is 2.13. The Morgan fingerprint density at radius 3 is 2.91 bits per heavy atom. The minimum absolute atomic E-state index is 0.129. The van der Waals surface area contributed by atoms with E-state index in [4.69, 9.17) is 4.55 Å². The lowest BCUT2D eigenvalue weighted by Crippen LogP contribution is -2.03. The molecule has 0 fully saturated rings. The van der Waals surface area contributed by atoms with E-state index in [0.717, 1.165) is 11.0 Å². The van der Waals surface area contributed by atoms with Crippen LogP contribution in [0, 0.1) is 0 Å². The Kier molecular flexibility index (Phi) is 4.10. The van der Waals surface area contributed by atoms with Gasteiger partial charge in [-0.15, -0.1) is 12.6 Å². The van der Waals surface area contributed by atoms with Gasteiger partial charge in [-0.05, 0) is 24.3 Å². The van der Waals surface area contributed by atoms with E-state index in [0.29, 0.717) is 33.9 Å². The number of anilines is 1. The first-order valence-corrected chi connectivity index (χ1v) is 7.68. The molecule has 3 rings (SSSR count). The van der Waals surface area contributed by atoms with Gasteiger partial charge in [0.2, 0.25) is 0 Å². The molecule has 0 atom stereocenters. The molecular formula is C15H13N3O2S2. The maximum Gasteiger partial charge on any atom is 0.196 e. The van der Waals surface area contributed by atoms with Crippen molar-refractivity contribution in [3.05, 3.63) is 53.9 Å². The van der Waals surface area contributed by atoms with Crippen LogP contribution >= 0.6 is 24.9 Å². The zero-order valence-corrected chi connectivity index (χ0v) is 13.4. The van der Waals surface area contributed by atoms with Crippen molar-refractivity contribution in [3.8, 4) is 0 Å². The lowest BCUT2D eigenvalue weighted by molar-refractivity contribution is 0.103. The second-order valence-electron chi connectivity index (χ2n) is 4.75. The first-order valence-electron chi connectivity index (χ1n) is 6.46. The van der Waals surface area contributed by atoms with Crippen LogP contribution in [0.25, 0.3) is 11.0 Å². The molecule has 7 heteroatoms. The second kappa shape index (κ2) is 6.04. The van der Waals surface area contributed by atoms with Crippen LogP contribution in [0.15, 0.2) is 47.6 Å². The number of fused-ring (bicyclic) bond motifs is 1. The van der Waals surface area contributed by atoms with E-state index in [1.165, 1.54) is 0 Å². The maximum atomic E-state index is 12.9. The first-order chi connectivity index (χ1) is 10.6. The number of benzene rings is 1. The van der Waals surface area contributed by atoms with Crippen molar-refractivity contribution in [2.45, 2.75) is 4.90 Å². The van der Waals surface area contributed by atoms with E-state index < -0.39 is 0 Å². The van der Waals surface area contributed by atoms with Crippen LogP contribution in [0.5, 0.6) is 0 Å². The minimum Gasteiger partial charge on any atom is -0.335 e. The number of pyridine rings is 1. The Morgan fingerprint density at radius 2 is 2.14 bits per heavy atom. The van der Waals surface area contributed by atoms with Gasteiger partial charge in [0, 0.05) is 40.8 Å². The standard InChI is InChI=1S/C15H13N3O2S2/c1-18-8-11(9-5-3-7-16-15(9)18)13(19)10-4-2-6-12(14(10)21)17-22-20/h2-8,17,20-21H,1H3. The molecule has 0 saturated heterocycles. The fourth-order valence-electron chi connectivity index (χ4n) is 2.40. The van der Waals surface area contributed by atoms with Gasteiger partial charge in [0.1, 0.15) is 17.9 Å². The Labute approximate surface area is 137 Å². The molecule has 2 aromatic heterocycles. The summed E-state index contributed by atoms with van der Waals surface area (Å²) in [5.41, 5.74) is 2.39. The zero-order chi connectivity index (χ0) is 15.7. The first kappa shape index (κ1) is 15.0. The molecular weight excluding hydrogens is 318 g/mol. The summed E-state index contributed by atoms with van der Waals surface area (Å²) in [6, 6.07) is 8.88. The summed E-state index contributed by atoms with van der Waals surface area (Å²) in [5.74, 6) is -0.129. The summed E-state index contributed by atoms with van der Waals surface area (Å²) in [6.45, 7) is 0. The highest BCUT2D eigenvalue weighted by Crippen LogP contribution is 2.29. The van der Waals surface area contributed by atoms with Gasteiger partial charge < -0.3 is 13.8 Å². The van der Waals surface area contributed by atoms with Gasteiger partial charge in [-0.3, -0.25) is 4.79 Å². The number of nitrogens with one attached hydrogen (secondary N) is 1. The molecule has 0 bridgehead atoms. The molecule has 0 aliphatic heterocycles. The van der Waals surface area contributed by atoms with Crippen molar-refractivity contribution >= 4 is 47.4 Å². The highest BCUT2D eigenvalue weighted by Gasteiger charge is 2.19. The molecule has 0 saturated carbocycles. The third kappa shape index (κ3) is 2.47. The van der Waals surface area contributed by atoms with Crippen molar-refractivity contribution in [2.24, 2.45) is 7.05 Å². The monoisotopic (exact) mass is 331 g/mol. The lowest BCUT2D eigenvalue weighted by atomic mass is 10.0. The van der Waals surface area contributed by atoms with Gasteiger partial charge in [-0.25, -0.2) is 4.98 Å². The van der Waals surface area contributed by atoms with Crippen LogP contribution in [0.2, 0.25) is 0 Å². The van der Waals surface area contributed by atoms with E-state index in [2.05, 4.69) is 22.3 Å². The number of thiol groups is 1. The highest BCUT2D eigenvalue weighted by molar-refractivity contribution is 7.95. The predicted octanol–water partition coefficient (Wildman–Crippen LogP) is 3.63. The number of hydrogen-bond acceptors (Lipinski definition) is 6. The molecule has 0 radical (unpaired) electrons. The summed E-state index contributed by atoms with van der Waals surface area (Å²) in [7, 11) is 1.86. The highest BCUT2D eigenvalue weighted by atomic mass is 32.2. The van der Waals surface area contributed by atoms with E-state index in [9.17, 15) is 4.79 Å². The third-order valence-electron chi connectivity index (χ3n) is 3.41. The smallest absolute Gasteiger partial charge is 0.196 e. The summed E-state index contributed by atoms with van der Waals surface area (Å²) in [6.07, 6.45) is 3.47. The summed E-state index contributed by atoms with van der Waals surface area (Å²) in [4.78, 5) is 17.6. The molecule has 0 spiro atoms. The Bertz CT molecular complexity index is 861. The SMILES string of the molecule is Cn1cc(C(=O)c2cccc(NSO)c2S)c2cccnc21. The van der Waals surface area contributed by atoms with Crippen LogP contribution in [0.3, 0.4) is 0 Å². The summed E-state index contributed by atoms with van der Waals surface area (Å²) < 4.78 is 13.4. The van der Waals surface area contributed by atoms with Crippen molar-refractivity contribution in [1.82, 2.24) is 9.55 Å². The van der Waals surface area contributed by atoms with Crippen molar-refractivity contribution in [1.29, 1.82) is 0 Å².